The van der Waals surface area contributed by atoms with E-state index in [4.69, 9.17) is 0 Å². The fraction of sp³-hybridized carbons (Fsp3) is 0.529. The van der Waals surface area contributed by atoms with Crippen LogP contribution in [0.2, 0.25) is 0 Å². The third kappa shape index (κ3) is 2.67. The van der Waals surface area contributed by atoms with Gasteiger partial charge in [0.15, 0.2) is 0 Å². The first-order valence-corrected chi connectivity index (χ1v) is 7.41. The lowest BCUT2D eigenvalue weighted by Gasteiger charge is -2.24. The molecule has 1 amide bonds. The molecule has 0 aliphatic carbocycles. The maximum atomic E-state index is 12.8. The van der Waals surface area contributed by atoms with Crippen LogP contribution in [-0.4, -0.2) is 35.0 Å². The quantitative estimate of drug-likeness (QED) is 0.930. The number of rotatable bonds is 3. The number of carbonyl (C=O) groups excluding carboxylic acids is 1. The minimum absolute atomic E-state index is 0.0402. The largest absolute Gasteiger partial charge is 0.481 e. The zero-order valence-electron chi connectivity index (χ0n) is 13.2. The maximum absolute atomic E-state index is 12.8. The Morgan fingerprint density at radius 2 is 1.81 bits per heavy atom. The van der Waals surface area contributed by atoms with Crippen molar-refractivity contribution in [3.8, 4) is 0 Å². The fourth-order valence-electron chi connectivity index (χ4n) is 3.34. The first kappa shape index (κ1) is 15.5. The Bertz CT molecular complexity index is 571. The molecular weight excluding hydrogens is 266 g/mol. The summed E-state index contributed by atoms with van der Waals surface area (Å²) in [4.78, 5) is 26.0. The van der Waals surface area contributed by atoms with E-state index in [1.807, 2.05) is 39.8 Å². The van der Waals surface area contributed by atoms with Gasteiger partial charge < -0.3 is 10.0 Å². The zero-order chi connectivity index (χ0) is 15.8. The van der Waals surface area contributed by atoms with E-state index in [9.17, 15) is 14.7 Å². The molecule has 4 nitrogen and oxygen atoms in total. The Kier molecular flexibility index (Phi) is 4.08. The van der Waals surface area contributed by atoms with Gasteiger partial charge in [0.2, 0.25) is 0 Å². The van der Waals surface area contributed by atoms with E-state index >= 15 is 0 Å². The molecule has 2 rings (SSSR count). The summed E-state index contributed by atoms with van der Waals surface area (Å²) in [6.45, 7) is 8.60. The van der Waals surface area contributed by atoms with Crippen LogP contribution >= 0.6 is 0 Å². The van der Waals surface area contributed by atoms with Crippen molar-refractivity contribution in [2.45, 2.75) is 40.5 Å². The lowest BCUT2D eigenvalue weighted by molar-refractivity contribution is -0.148. The molecule has 1 heterocycles. The number of aliphatic carboxylic acids is 1. The van der Waals surface area contributed by atoms with Gasteiger partial charge in [0, 0.05) is 18.7 Å². The molecule has 1 aromatic rings. The summed E-state index contributed by atoms with van der Waals surface area (Å²) in [5.74, 6) is -0.834. The van der Waals surface area contributed by atoms with E-state index < -0.39 is 11.4 Å². The number of carbonyl (C=O) groups is 2. The molecule has 1 aliphatic rings. The highest BCUT2D eigenvalue weighted by atomic mass is 16.4. The number of carboxylic acids is 1. The summed E-state index contributed by atoms with van der Waals surface area (Å²) in [5.41, 5.74) is 3.00. The first-order valence-electron chi connectivity index (χ1n) is 7.41. The monoisotopic (exact) mass is 289 g/mol. The van der Waals surface area contributed by atoms with E-state index in [2.05, 4.69) is 0 Å². The van der Waals surface area contributed by atoms with Crippen LogP contribution in [0.15, 0.2) is 12.1 Å². The van der Waals surface area contributed by atoms with Crippen LogP contribution in [0.3, 0.4) is 0 Å². The number of likely N-dealkylation sites (tertiary alicyclic amines) is 1. The molecule has 1 aromatic carbocycles. The summed E-state index contributed by atoms with van der Waals surface area (Å²) in [7, 11) is 0. The topological polar surface area (TPSA) is 57.6 Å². The predicted octanol–water partition coefficient (Wildman–Crippen LogP) is 2.94. The number of hydrogen-bond acceptors (Lipinski definition) is 2. The molecule has 21 heavy (non-hydrogen) atoms. The van der Waals surface area contributed by atoms with Gasteiger partial charge in [-0.05, 0) is 44.7 Å². The van der Waals surface area contributed by atoms with Crippen molar-refractivity contribution in [1.82, 2.24) is 4.90 Å². The zero-order valence-corrected chi connectivity index (χ0v) is 13.2. The summed E-state index contributed by atoms with van der Waals surface area (Å²) < 4.78 is 0. The van der Waals surface area contributed by atoms with Crippen LogP contribution in [0, 0.1) is 26.2 Å². The smallest absolute Gasteiger partial charge is 0.311 e. The Labute approximate surface area is 125 Å². The molecule has 1 atom stereocenters. The van der Waals surface area contributed by atoms with E-state index in [0.29, 0.717) is 25.9 Å². The average Bonchev–Trinajstić information content (AvgIpc) is 2.83. The number of carboxylic acid groups (broad SMARTS) is 1. The summed E-state index contributed by atoms with van der Waals surface area (Å²) >= 11 is 0. The number of benzene rings is 1. The van der Waals surface area contributed by atoms with Crippen molar-refractivity contribution < 1.29 is 14.7 Å². The van der Waals surface area contributed by atoms with Crippen LogP contribution in [0.1, 0.15) is 46.8 Å². The highest BCUT2D eigenvalue weighted by molar-refractivity contribution is 5.97. The van der Waals surface area contributed by atoms with Crippen LogP contribution in [0.5, 0.6) is 0 Å². The van der Waals surface area contributed by atoms with Gasteiger partial charge >= 0.3 is 5.97 Å². The molecule has 0 bridgehead atoms. The first-order chi connectivity index (χ1) is 9.80. The second-order valence-corrected chi connectivity index (χ2v) is 6.19. The third-order valence-corrected chi connectivity index (χ3v) is 4.66. The highest BCUT2D eigenvalue weighted by Gasteiger charge is 2.45. The molecule has 114 valence electrons. The predicted molar refractivity (Wildman–Crippen MR) is 81.5 cm³/mol. The van der Waals surface area contributed by atoms with Crippen molar-refractivity contribution in [3.05, 3.63) is 34.4 Å². The number of aryl methyl sites for hydroxylation is 3. The second-order valence-electron chi connectivity index (χ2n) is 6.19. The van der Waals surface area contributed by atoms with Gasteiger partial charge in [-0.25, -0.2) is 0 Å². The lowest BCUT2D eigenvalue weighted by Crippen LogP contribution is -2.37. The van der Waals surface area contributed by atoms with Gasteiger partial charge in [0.25, 0.3) is 5.91 Å². The molecule has 0 saturated carbocycles. The number of nitrogens with zero attached hydrogens (tertiary/aromatic N) is 1. The summed E-state index contributed by atoms with van der Waals surface area (Å²) in [6, 6.07) is 4.00. The Morgan fingerprint density at radius 3 is 2.24 bits per heavy atom. The number of hydrogen-bond donors (Lipinski definition) is 1. The van der Waals surface area contributed by atoms with E-state index in [1.165, 1.54) is 0 Å². The Morgan fingerprint density at radius 1 is 1.24 bits per heavy atom. The summed E-state index contributed by atoms with van der Waals surface area (Å²) in [5, 5.41) is 9.44. The van der Waals surface area contributed by atoms with E-state index in [1.54, 1.807) is 4.90 Å². The van der Waals surface area contributed by atoms with Crippen molar-refractivity contribution in [1.29, 1.82) is 0 Å². The number of amides is 1. The second kappa shape index (κ2) is 5.51. The van der Waals surface area contributed by atoms with Gasteiger partial charge in [0.05, 0.1) is 5.41 Å². The van der Waals surface area contributed by atoms with Crippen molar-refractivity contribution in [2.24, 2.45) is 5.41 Å². The Hall–Kier alpha value is -1.84. The van der Waals surface area contributed by atoms with Crippen LogP contribution in [-0.2, 0) is 4.79 Å². The summed E-state index contributed by atoms with van der Waals surface area (Å²) in [6.07, 6.45) is 1.09. The van der Waals surface area contributed by atoms with Crippen LogP contribution in [0.25, 0.3) is 0 Å². The van der Waals surface area contributed by atoms with Gasteiger partial charge in [-0.1, -0.05) is 24.6 Å². The van der Waals surface area contributed by atoms with E-state index in [-0.39, 0.29) is 5.91 Å². The molecule has 0 aromatic heterocycles. The highest BCUT2D eigenvalue weighted by Crippen LogP contribution is 2.35. The maximum Gasteiger partial charge on any atom is 0.311 e. The van der Waals surface area contributed by atoms with Crippen LogP contribution < -0.4 is 0 Å². The third-order valence-electron chi connectivity index (χ3n) is 4.66. The standard InChI is InChI=1S/C17H23NO3/c1-5-17(16(20)21)6-7-18(10-17)15(19)14-12(3)8-11(2)9-13(14)4/h8-9H,5-7,10H2,1-4H3,(H,20,21). The SMILES string of the molecule is CCC1(C(=O)O)CCN(C(=O)c2c(C)cc(C)cc2C)C1. The molecule has 1 saturated heterocycles. The molecule has 1 aliphatic heterocycles. The lowest BCUT2D eigenvalue weighted by atomic mass is 9.84. The van der Waals surface area contributed by atoms with Crippen molar-refractivity contribution >= 4 is 11.9 Å². The molecule has 1 unspecified atom stereocenters. The van der Waals surface area contributed by atoms with Crippen molar-refractivity contribution in [3.63, 3.8) is 0 Å². The minimum atomic E-state index is -0.794. The molecule has 0 spiro atoms. The van der Waals surface area contributed by atoms with Gasteiger partial charge in [0.1, 0.15) is 0 Å². The molecule has 1 fully saturated rings. The van der Waals surface area contributed by atoms with Crippen LogP contribution in [0.4, 0.5) is 0 Å². The normalized spacial score (nSPS) is 21.6. The average molecular weight is 289 g/mol. The molecule has 0 radical (unpaired) electrons. The van der Waals surface area contributed by atoms with Gasteiger partial charge in [-0.3, -0.25) is 9.59 Å². The van der Waals surface area contributed by atoms with Gasteiger partial charge in [-0.15, -0.1) is 0 Å². The molecular formula is C17H23NO3. The molecule has 1 N–H and O–H groups in total. The fourth-order valence-corrected chi connectivity index (χ4v) is 3.34. The van der Waals surface area contributed by atoms with E-state index in [0.717, 1.165) is 22.3 Å². The van der Waals surface area contributed by atoms with Crippen molar-refractivity contribution in [2.75, 3.05) is 13.1 Å². The van der Waals surface area contributed by atoms with Gasteiger partial charge in [-0.2, -0.15) is 0 Å². The Balaban J connectivity index is 2.29. The molecule has 4 heteroatoms. The minimum Gasteiger partial charge on any atom is -0.481 e.